The van der Waals surface area contributed by atoms with Gasteiger partial charge in [-0.25, -0.2) is 0 Å². The van der Waals surface area contributed by atoms with Crippen LogP contribution in [0.2, 0.25) is 16.6 Å². The average molecular weight is 516 g/mol. The molecule has 9 atom stereocenters. The number of nitriles is 1. The van der Waals surface area contributed by atoms with Gasteiger partial charge in [0.2, 0.25) is 0 Å². The maximum atomic E-state index is 10.5. The number of fused-ring (bicyclic) bond motifs is 5. The molecule has 0 heterocycles. The van der Waals surface area contributed by atoms with Crippen molar-refractivity contribution in [3.63, 3.8) is 0 Å². The first-order valence-corrected chi connectivity index (χ1v) is 17.7. The molecule has 0 amide bonds. The highest BCUT2D eigenvalue weighted by atomic mass is 28.4. The molecule has 0 aromatic rings. The molecule has 0 unspecified atom stereocenters. The van der Waals surface area contributed by atoms with Gasteiger partial charge in [-0.15, -0.1) is 0 Å². The van der Waals surface area contributed by atoms with Crippen LogP contribution in [0, 0.1) is 57.2 Å². The third kappa shape index (κ3) is 4.08. The molecule has 36 heavy (non-hydrogen) atoms. The molecule has 4 aliphatic rings. The van der Waals surface area contributed by atoms with Crippen LogP contribution >= 0.6 is 0 Å². The standard InChI is InChI=1S/C32H57NO2Si/c1-21(2)36(22(3)4,23(5)6)35-19-24(7)27-10-11-28-26-13-17-32(20-33)18-25(34)12-16-31(32,9)29(26)14-15-30(27,28)8/h21-29,34H,10-19H2,1-9H3/t24-,25+,26+,27-,28+,29+,30-,31-,32-/m1/s1. The van der Waals surface area contributed by atoms with Crippen molar-refractivity contribution in [2.45, 2.75) is 143 Å². The maximum absolute atomic E-state index is 10.5. The fourth-order valence-electron chi connectivity index (χ4n) is 11.4. The van der Waals surface area contributed by atoms with Gasteiger partial charge in [-0.1, -0.05) is 62.3 Å². The predicted molar refractivity (Wildman–Crippen MR) is 152 cm³/mol. The quantitative estimate of drug-likeness (QED) is 0.345. The summed E-state index contributed by atoms with van der Waals surface area (Å²) in [6, 6.07) is 2.80. The van der Waals surface area contributed by atoms with Crippen LogP contribution in [0.5, 0.6) is 0 Å². The highest BCUT2D eigenvalue weighted by molar-refractivity contribution is 6.77. The minimum absolute atomic E-state index is 0.0784. The summed E-state index contributed by atoms with van der Waals surface area (Å²) in [6.45, 7) is 22.9. The zero-order chi connectivity index (χ0) is 26.7. The molecule has 0 bridgehead atoms. The van der Waals surface area contributed by atoms with Crippen molar-refractivity contribution < 1.29 is 9.53 Å². The smallest absolute Gasteiger partial charge is 0.200 e. The Balaban J connectivity index is 1.52. The van der Waals surface area contributed by atoms with E-state index in [0.29, 0.717) is 40.3 Å². The van der Waals surface area contributed by atoms with Crippen LogP contribution in [0.3, 0.4) is 0 Å². The molecule has 4 aliphatic carbocycles. The average Bonchev–Trinajstić information content (AvgIpc) is 3.16. The summed E-state index contributed by atoms with van der Waals surface area (Å²) in [7, 11) is -1.84. The Morgan fingerprint density at radius 1 is 0.861 bits per heavy atom. The van der Waals surface area contributed by atoms with Crippen LogP contribution in [-0.4, -0.2) is 26.1 Å². The zero-order valence-electron chi connectivity index (χ0n) is 25.1. The second kappa shape index (κ2) is 9.98. The topological polar surface area (TPSA) is 53.2 Å². The Morgan fingerprint density at radius 2 is 1.50 bits per heavy atom. The Hall–Kier alpha value is -0.373. The van der Waals surface area contributed by atoms with Crippen LogP contribution in [0.1, 0.15) is 120 Å². The lowest BCUT2D eigenvalue weighted by molar-refractivity contribution is -0.156. The van der Waals surface area contributed by atoms with Gasteiger partial charge < -0.3 is 9.53 Å². The van der Waals surface area contributed by atoms with Gasteiger partial charge in [0.25, 0.3) is 0 Å². The van der Waals surface area contributed by atoms with E-state index in [4.69, 9.17) is 4.43 Å². The minimum atomic E-state index is -1.84. The molecule has 3 nitrogen and oxygen atoms in total. The molecule has 0 aliphatic heterocycles. The predicted octanol–water partition coefficient (Wildman–Crippen LogP) is 8.73. The summed E-state index contributed by atoms with van der Waals surface area (Å²) < 4.78 is 7.12. The molecule has 4 rings (SSSR count). The molecule has 0 aromatic heterocycles. The van der Waals surface area contributed by atoms with E-state index in [1.807, 2.05) is 0 Å². The van der Waals surface area contributed by atoms with Gasteiger partial charge in [0.15, 0.2) is 8.32 Å². The van der Waals surface area contributed by atoms with Crippen LogP contribution in [-0.2, 0) is 4.43 Å². The largest absolute Gasteiger partial charge is 0.416 e. The molecule has 0 saturated heterocycles. The highest BCUT2D eigenvalue weighted by Gasteiger charge is 2.65. The van der Waals surface area contributed by atoms with Gasteiger partial charge >= 0.3 is 0 Å². The van der Waals surface area contributed by atoms with E-state index in [0.717, 1.165) is 43.6 Å². The summed E-state index contributed by atoms with van der Waals surface area (Å²) in [5, 5.41) is 20.9. The number of hydrogen-bond acceptors (Lipinski definition) is 3. The Bertz CT molecular complexity index is 813. The van der Waals surface area contributed by atoms with Crippen molar-refractivity contribution in [1.82, 2.24) is 0 Å². The fraction of sp³-hybridized carbons (Fsp3) is 0.969. The van der Waals surface area contributed by atoms with Crippen molar-refractivity contribution in [2.75, 3.05) is 6.61 Å². The fourth-order valence-corrected chi connectivity index (χ4v) is 16.9. The van der Waals surface area contributed by atoms with Gasteiger partial charge in [-0.2, -0.15) is 5.26 Å². The van der Waals surface area contributed by atoms with Crippen molar-refractivity contribution in [3.05, 3.63) is 0 Å². The molecule has 0 aromatic carbocycles. The highest BCUT2D eigenvalue weighted by Crippen LogP contribution is 2.71. The second-order valence-electron chi connectivity index (χ2n) is 15.3. The van der Waals surface area contributed by atoms with E-state index in [9.17, 15) is 10.4 Å². The lowest BCUT2D eigenvalue weighted by Crippen LogP contribution is -2.59. The first-order chi connectivity index (χ1) is 16.8. The monoisotopic (exact) mass is 515 g/mol. The SMILES string of the molecule is CC(C)[Si](OC[C@@H](C)[C@H]1CC[C@H]2[C@@H]3CC[C@]4(C#N)C[C@@H](O)CC[C@]4(C)[C@H]3CC[C@]12C)(C(C)C)C(C)C. The van der Waals surface area contributed by atoms with Gasteiger partial charge in [0, 0.05) is 6.61 Å². The number of hydrogen-bond donors (Lipinski definition) is 1. The second-order valence-corrected chi connectivity index (χ2v) is 20.7. The Morgan fingerprint density at radius 3 is 2.08 bits per heavy atom. The number of rotatable bonds is 7. The van der Waals surface area contributed by atoms with Gasteiger partial charge in [-0.3, -0.25) is 0 Å². The van der Waals surface area contributed by atoms with Crippen LogP contribution < -0.4 is 0 Å². The van der Waals surface area contributed by atoms with Gasteiger partial charge in [0.05, 0.1) is 17.6 Å². The maximum Gasteiger partial charge on any atom is 0.200 e. The molecule has 4 saturated carbocycles. The van der Waals surface area contributed by atoms with Crippen LogP contribution in [0.25, 0.3) is 0 Å². The van der Waals surface area contributed by atoms with Crippen molar-refractivity contribution >= 4 is 8.32 Å². The first-order valence-electron chi connectivity index (χ1n) is 15.5. The molecule has 0 radical (unpaired) electrons. The molecule has 0 spiro atoms. The van der Waals surface area contributed by atoms with Crippen molar-refractivity contribution in [2.24, 2.45) is 45.8 Å². The summed E-state index contributed by atoms with van der Waals surface area (Å²) in [6.07, 6.45) is 9.85. The van der Waals surface area contributed by atoms with E-state index in [-0.39, 0.29) is 16.9 Å². The summed E-state index contributed by atoms with van der Waals surface area (Å²) in [4.78, 5) is 0. The van der Waals surface area contributed by atoms with Crippen LogP contribution in [0.15, 0.2) is 0 Å². The van der Waals surface area contributed by atoms with E-state index >= 15 is 0 Å². The zero-order valence-corrected chi connectivity index (χ0v) is 26.1. The normalized spacial score (nSPS) is 43.7. The van der Waals surface area contributed by atoms with E-state index in [1.165, 1.54) is 32.1 Å². The third-order valence-corrected chi connectivity index (χ3v) is 19.2. The summed E-state index contributed by atoms with van der Waals surface area (Å²) >= 11 is 0. The molecule has 4 heteroatoms. The van der Waals surface area contributed by atoms with E-state index < -0.39 is 8.32 Å². The molecule has 1 N–H and O–H groups in total. The third-order valence-electron chi connectivity index (χ3n) is 13.1. The van der Waals surface area contributed by atoms with Crippen molar-refractivity contribution in [3.8, 4) is 6.07 Å². The lowest BCUT2D eigenvalue weighted by Gasteiger charge is -2.63. The lowest BCUT2D eigenvalue weighted by atomic mass is 9.40. The number of aliphatic hydroxyl groups excluding tert-OH is 1. The van der Waals surface area contributed by atoms with Crippen molar-refractivity contribution in [1.29, 1.82) is 5.26 Å². The number of aliphatic hydroxyl groups is 1. The van der Waals surface area contributed by atoms with E-state index in [1.54, 1.807) is 0 Å². The van der Waals surface area contributed by atoms with Gasteiger partial charge in [-0.05, 0) is 115 Å². The minimum Gasteiger partial charge on any atom is -0.416 e. The first kappa shape index (κ1) is 28.6. The van der Waals surface area contributed by atoms with Crippen LogP contribution in [0.4, 0.5) is 0 Å². The summed E-state index contributed by atoms with van der Waals surface area (Å²) in [5.41, 5.74) is 2.11. The Kier molecular flexibility index (Phi) is 7.94. The molecular formula is C32H57NO2Si. The molecule has 4 fully saturated rings. The molecule has 206 valence electrons. The van der Waals surface area contributed by atoms with Gasteiger partial charge in [0.1, 0.15) is 0 Å². The summed E-state index contributed by atoms with van der Waals surface area (Å²) in [5.74, 6) is 3.59. The molecular weight excluding hydrogens is 458 g/mol. The van der Waals surface area contributed by atoms with E-state index in [2.05, 4.69) is 68.4 Å². The Labute approximate surface area is 224 Å². The number of nitrogens with zero attached hydrogens (tertiary/aromatic N) is 1.